The van der Waals surface area contributed by atoms with E-state index in [1.807, 2.05) is 24.1 Å². The van der Waals surface area contributed by atoms with Crippen LogP contribution in [0.4, 0.5) is 5.69 Å². The molecule has 0 bridgehead atoms. The second-order valence-corrected chi connectivity index (χ2v) is 7.97. The van der Waals surface area contributed by atoms with Crippen molar-refractivity contribution in [1.29, 1.82) is 0 Å². The van der Waals surface area contributed by atoms with Gasteiger partial charge >= 0.3 is 0 Å². The summed E-state index contributed by atoms with van der Waals surface area (Å²) in [5.74, 6) is 1.61. The van der Waals surface area contributed by atoms with Crippen LogP contribution in [-0.2, 0) is 16.4 Å². The molecule has 1 atom stereocenters. The van der Waals surface area contributed by atoms with Crippen molar-refractivity contribution in [2.45, 2.75) is 11.9 Å². The van der Waals surface area contributed by atoms with E-state index in [0.29, 0.717) is 12.3 Å². The number of anilines is 1. The summed E-state index contributed by atoms with van der Waals surface area (Å²) in [7, 11) is -1.19. The van der Waals surface area contributed by atoms with Crippen molar-refractivity contribution in [2.24, 2.45) is 0 Å². The minimum Gasteiger partial charge on any atom is -0.388 e. The molecule has 0 spiro atoms. The van der Waals surface area contributed by atoms with Crippen molar-refractivity contribution in [2.75, 3.05) is 36.7 Å². The molecule has 1 N–H and O–H groups in total. The average Bonchev–Trinajstić information content (AvgIpc) is 2.38. The van der Waals surface area contributed by atoms with E-state index in [1.54, 1.807) is 18.0 Å². The van der Waals surface area contributed by atoms with Crippen LogP contribution in [0, 0.1) is 0 Å². The number of sulfone groups is 1. The summed E-state index contributed by atoms with van der Waals surface area (Å²) < 4.78 is 23.6. The lowest BCUT2D eigenvalue weighted by molar-refractivity contribution is 0.259. The zero-order valence-electron chi connectivity index (χ0n) is 11.2. The van der Waals surface area contributed by atoms with Gasteiger partial charge in [0, 0.05) is 49.8 Å². The molecular weight excluding hydrogens is 282 g/mol. The number of nitrogens with zero attached hydrogens (tertiary/aromatic N) is 2. The zero-order chi connectivity index (χ0) is 13.9. The maximum Gasteiger partial charge on any atom is 0.164 e. The van der Waals surface area contributed by atoms with Gasteiger partial charge in [-0.3, -0.25) is 9.88 Å². The Balaban J connectivity index is 2.15. The molecule has 1 unspecified atom stereocenters. The molecule has 0 radical (unpaired) electrons. The molecule has 7 heteroatoms. The number of pyridine rings is 1. The third kappa shape index (κ3) is 3.84. The Labute approximate surface area is 118 Å². The lowest BCUT2D eigenvalue weighted by atomic mass is 10.3. The summed E-state index contributed by atoms with van der Waals surface area (Å²) in [6.45, 7) is 1.36. The molecule has 0 amide bonds. The summed E-state index contributed by atoms with van der Waals surface area (Å²) in [6.07, 6.45) is 3.06. The molecule has 5 nitrogen and oxygen atoms in total. The molecule has 1 aliphatic heterocycles. The topological polar surface area (TPSA) is 62.3 Å². The van der Waals surface area contributed by atoms with E-state index in [4.69, 9.17) is 0 Å². The molecule has 2 heterocycles. The molecular formula is C12H19N3O2S2. The Kier molecular flexibility index (Phi) is 4.70. The Bertz CT molecular complexity index is 534. The summed E-state index contributed by atoms with van der Waals surface area (Å²) >= 11 is 1.70. The van der Waals surface area contributed by atoms with Crippen molar-refractivity contribution < 1.29 is 8.42 Å². The molecule has 19 heavy (non-hydrogen) atoms. The summed E-state index contributed by atoms with van der Waals surface area (Å²) in [4.78, 5) is 6.32. The lowest BCUT2D eigenvalue weighted by Crippen LogP contribution is -2.46. The highest BCUT2D eigenvalue weighted by Crippen LogP contribution is 2.22. The quantitative estimate of drug-likeness (QED) is 0.897. The van der Waals surface area contributed by atoms with E-state index in [-0.39, 0.29) is 0 Å². The fourth-order valence-electron chi connectivity index (χ4n) is 2.12. The van der Waals surface area contributed by atoms with Gasteiger partial charge < -0.3 is 5.32 Å². The van der Waals surface area contributed by atoms with Crippen LogP contribution in [0.5, 0.6) is 0 Å². The van der Waals surface area contributed by atoms with Gasteiger partial charge in [0.15, 0.2) is 9.84 Å². The van der Waals surface area contributed by atoms with Crippen LogP contribution in [0.25, 0.3) is 0 Å². The predicted octanol–water partition coefficient (Wildman–Crippen LogP) is 1.04. The number of hydrogen-bond donors (Lipinski definition) is 1. The Morgan fingerprint density at radius 2 is 2.37 bits per heavy atom. The van der Waals surface area contributed by atoms with Gasteiger partial charge in [0.2, 0.25) is 0 Å². The molecule has 1 aromatic heterocycles. The van der Waals surface area contributed by atoms with Crippen molar-refractivity contribution in [3.05, 3.63) is 24.0 Å². The van der Waals surface area contributed by atoms with E-state index in [2.05, 4.69) is 10.3 Å². The fourth-order valence-corrected chi connectivity index (χ4v) is 5.06. The maximum absolute atomic E-state index is 11.8. The van der Waals surface area contributed by atoms with Gasteiger partial charge in [-0.1, -0.05) is 0 Å². The van der Waals surface area contributed by atoms with Crippen molar-refractivity contribution in [1.82, 2.24) is 9.88 Å². The van der Waals surface area contributed by atoms with Crippen LogP contribution in [0.15, 0.2) is 18.3 Å². The van der Waals surface area contributed by atoms with E-state index in [1.165, 1.54) is 6.26 Å². The average molecular weight is 301 g/mol. The molecule has 1 aromatic rings. The van der Waals surface area contributed by atoms with E-state index >= 15 is 0 Å². The van der Waals surface area contributed by atoms with Crippen LogP contribution in [0.3, 0.4) is 0 Å². The molecule has 0 aromatic carbocycles. The van der Waals surface area contributed by atoms with Gasteiger partial charge in [0.05, 0.1) is 5.69 Å². The van der Waals surface area contributed by atoms with Crippen LogP contribution in [0.1, 0.15) is 5.69 Å². The number of nitrogens with one attached hydrogen (secondary N) is 1. The summed E-state index contributed by atoms with van der Waals surface area (Å²) in [5, 5.41) is 2.67. The smallest absolute Gasteiger partial charge is 0.164 e. The van der Waals surface area contributed by atoms with Gasteiger partial charge in [-0.05, 0) is 12.1 Å². The Morgan fingerprint density at radius 3 is 3.05 bits per heavy atom. The summed E-state index contributed by atoms with van der Waals surface area (Å²) in [6, 6.07) is 3.85. The highest BCUT2D eigenvalue weighted by atomic mass is 32.2. The Hall–Kier alpha value is -0.790. The lowest BCUT2D eigenvalue weighted by Gasteiger charge is -2.33. The zero-order valence-corrected chi connectivity index (χ0v) is 12.8. The molecule has 1 fully saturated rings. The first kappa shape index (κ1) is 14.6. The van der Waals surface area contributed by atoms with Gasteiger partial charge in [-0.15, -0.1) is 0 Å². The van der Waals surface area contributed by atoms with E-state index < -0.39 is 15.2 Å². The number of thioether (sulfide) groups is 1. The van der Waals surface area contributed by atoms with Crippen LogP contribution >= 0.6 is 11.8 Å². The third-order valence-electron chi connectivity index (χ3n) is 3.16. The number of hydrogen-bond acceptors (Lipinski definition) is 6. The van der Waals surface area contributed by atoms with E-state index in [9.17, 15) is 8.42 Å². The Morgan fingerprint density at radius 1 is 1.58 bits per heavy atom. The van der Waals surface area contributed by atoms with Gasteiger partial charge in [0.25, 0.3) is 0 Å². The second kappa shape index (κ2) is 6.11. The van der Waals surface area contributed by atoms with Crippen molar-refractivity contribution in [3.8, 4) is 0 Å². The minimum absolute atomic E-state index is 0.397. The third-order valence-corrected chi connectivity index (χ3v) is 5.84. The van der Waals surface area contributed by atoms with Crippen molar-refractivity contribution in [3.63, 3.8) is 0 Å². The van der Waals surface area contributed by atoms with Gasteiger partial charge in [-0.25, -0.2) is 8.42 Å². The highest BCUT2D eigenvalue weighted by molar-refractivity contribution is 8.00. The SMILES string of the molecule is CNc1ccnc(CN2CCSCC2S(C)(=O)=O)c1. The standard InChI is InChI=1S/C12H19N3O2S2/c1-13-10-3-4-14-11(7-10)8-15-5-6-18-9-12(15)19(2,16)17/h3-4,7,12H,5-6,8-9H2,1-2H3,(H,13,14). The largest absolute Gasteiger partial charge is 0.388 e. The minimum atomic E-state index is -3.05. The normalized spacial score (nSPS) is 21.3. The van der Waals surface area contributed by atoms with E-state index in [0.717, 1.165) is 23.7 Å². The maximum atomic E-state index is 11.8. The number of rotatable bonds is 4. The first-order chi connectivity index (χ1) is 9.00. The first-order valence-electron chi connectivity index (χ1n) is 6.14. The highest BCUT2D eigenvalue weighted by Gasteiger charge is 2.31. The molecule has 0 aliphatic carbocycles. The molecule has 2 rings (SSSR count). The molecule has 1 aliphatic rings. The number of aromatic nitrogens is 1. The monoisotopic (exact) mass is 301 g/mol. The summed E-state index contributed by atoms with van der Waals surface area (Å²) in [5.41, 5.74) is 1.89. The van der Waals surface area contributed by atoms with Crippen molar-refractivity contribution >= 4 is 27.3 Å². The fraction of sp³-hybridized carbons (Fsp3) is 0.583. The molecule has 0 saturated carbocycles. The van der Waals surface area contributed by atoms with Gasteiger partial charge in [-0.2, -0.15) is 11.8 Å². The first-order valence-corrected chi connectivity index (χ1v) is 9.25. The van der Waals surface area contributed by atoms with Crippen LogP contribution in [-0.4, -0.2) is 55.0 Å². The van der Waals surface area contributed by atoms with Crippen LogP contribution in [0.2, 0.25) is 0 Å². The second-order valence-electron chi connectivity index (χ2n) is 4.62. The van der Waals surface area contributed by atoms with Crippen LogP contribution < -0.4 is 5.32 Å². The molecule has 106 valence electrons. The molecule has 1 saturated heterocycles. The predicted molar refractivity (Wildman–Crippen MR) is 80.2 cm³/mol. The van der Waals surface area contributed by atoms with Gasteiger partial charge in [0.1, 0.15) is 5.37 Å².